The van der Waals surface area contributed by atoms with Crippen LogP contribution < -0.4 is 5.73 Å². The van der Waals surface area contributed by atoms with Gasteiger partial charge in [-0.1, -0.05) is 58.2 Å². The Morgan fingerprint density at radius 3 is 1.88 bits per heavy atom. The highest BCUT2D eigenvalue weighted by Gasteiger charge is 2.13. The molecule has 0 unspecified atom stereocenters. The molecule has 86 valence electrons. The lowest BCUT2D eigenvalue weighted by Crippen LogP contribution is -2.29. The summed E-state index contributed by atoms with van der Waals surface area (Å²) in [5, 5.41) is 1.20. The standard InChI is InChI=1S/C11H9Cl4N/c1-11(2,16)4-3-6-9(14)7(12)5-8(13)10(6)15/h5H,16H2,1-2H3. The molecule has 0 radical (unpaired) electrons. The predicted octanol–water partition coefficient (Wildman–Crippen LogP) is 4.39. The van der Waals surface area contributed by atoms with Crippen molar-refractivity contribution in [1.82, 2.24) is 0 Å². The highest BCUT2D eigenvalue weighted by Crippen LogP contribution is 2.36. The van der Waals surface area contributed by atoms with Crippen LogP contribution in [0.1, 0.15) is 19.4 Å². The van der Waals surface area contributed by atoms with Crippen LogP contribution in [-0.4, -0.2) is 5.54 Å². The summed E-state index contributed by atoms with van der Waals surface area (Å²) in [6, 6.07) is 1.48. The molecule has 0 amide bonds. The Balaban J connectivity index is 3.38. The normalized spacial score (nSPS) is 10.9. The van der Waals surface area contributed by atoms with Crippen molar-refractivity contribution in [3.05, 3.63) is 31.7 Å². The van der Waals surface area contributed by atoms with Gasteiger partial charge in [0.2, 0.25) is 0 Å². The largest absolute Gasteiger partial charge is 0.316 e. The summed E-state index contributed by atoms with van der Waals surface area (Å²) in [7, 11) is 0. The Morgan fingerprint density at radius 1 is 1.06 bits per heavy atom. The van der Waals surface area contributed by atoms with Gasteiger partial charge in [0, 0.05) is 0 Å². The molecule has 1 aromatic rings. The fourth-order valence-corrected chi connectivity index (χ4v) is 1.81. The fourth-order valence-electron chi connectivity index (χ4n) is 0.906. The molecule has 0 aliphatic rings. The summed E-state index contributed by atoms with van der Waals surface area (Å²) < 4.78 is 0. The van der Waals surface area contributed by atoms with Gasteiger partial charge >= 0.3 is 0 Å². The van der Waals surface area contributed by atoms with E-state index in [2.05, 4.69) is 11.8 Å². The predicted molar refractivity (Wildman–Crippen MR) is 71.6 cm³/mol. The van der Waals surface area contributed by atoms with E-state index < -0.39 is 5.54 Å². The molecule has 0 aliphatic heterocycles. The van der Waals surface area contributed by atoms with Gasteiger partial charge in [0.05, 0.1) is 31.2 Å². The highest BCUT2D eigenvalue weighted by atomic mass is 35.5. The zero-order chi connectivity index (χ0) is 12.5. The molecule has 2 N–H and O–H groups in total. The third-order valence-corrected chi connectivity index (χ3v) is 3.20. The minimum Gasteiger partial charge on any atom is -0.316 e. The van der Waals surface area contributed by atoms with E-state index in [-0.39, 0.29) is 10.0 Å². The third-order valence-electron chi connectivity index (χ3n) is 1.62. The summed E-state index contributed by atoms with van der Waals surface area (Å²) in [5.41, 5.74) is 5.50. The lowest BCUT2D eigenvalue weighted by Gasteiger charge is -2.09. The van der Waals surface area contributed by atoms with E-state index in [4.69, 9.17) is 52.1 Å². The van der Waals surface area contributed by atoms with Crippen molar-refractivity contribution in [2.45, 2.75) is 19.4 Å². The lowest BCUT2D eigenvalue weighted by molar-refractivity contribution is 0.680. The molecular formula is C11H9Cl4N. The van der Waals surface area contributed by atoms with Crippen molar-refractivity contribution in [2.24, 2.45) is 5.73 Å². The Hall–Kier alpha value is -0.100. The Bertz CT molecular complexity index is 451. The molecule has 0 aromatic heterocycles. The second-order valence-electron chi connectivity index (χ2n) is 3.81. The molecule has 5 heteroatoms. The lowest BCUT2D eigenvalue weighted by atomic mass is 10.1. The molecule has 0 saturated carbocycles. The average molecular weight is 297 g/mol. The molecular weight excluding hydrogens is 288 g/mol. The van der Waals surface area contributed by atoms with Crippen molar-refractivity contribution >= 4 is 46.4 Å². The van der Waals surface area contributed by atoms with E-state index in [0.717, 1.165) is 0 Å². The minimum absolute atomic E-state index is 0.285. The first-order valence-corrected chi connectivity index (χ1v) is 5.88. The number of rotatable bonds is 0. The molecule has 0 heterocycles. The van der Waals surface area contributed by atoms with Crippen LogP contribution in [0, 0.1) is 11.8 Å². The zero-order valence-corrected chi connectivity index (χ0v) is 11.7. The van der Waals surface area contributed by atoms with E-state index in [1.165, 1.54) is 6.07 Å². The van der Waals surface area contributed by atoms with E-state index >= 15 is 0 Å². The van der Waals surface area contributed by atoms with Crippen LogP contribution in [0.3, 0.4) is 0 Å². The van der Waals surface area contributed by atoms with E-state index in [0.29, 0.717) is 15.6 Å². The van der Waals surface area contributed by atoms with Gasteiger partial charge in [0.15, 0.2) is 0 Å². The summed E-state index contributed by atoms with van der Waals surface area (Å²) in [4.78, 5) is 0. The summed E-state index contributed by atoms with van der Waals surface area (Å²) in [6.07, 6.45) is 0. The number of nitrogens with two attached hydrogens (primary N) is 1. The van der Waals surface area contributed by atoms with Crippen LogP contribution in [0.5, 0.6) is 0 Å². The second-order valence-corrected chi connectivity index (χ2v) is 5.39. The van der Waals surface area contributed by atoms with Crippen LogP contribution >= 0.6 is 46.4 Å². The molecule has 0 atom stereocenters. The summed E-state index contributed by atoms with van der Waals surface area (Å²) in [6.45, 7) is 3.54. The van der Waals surface area contributed by atoms with Gasteiger partial charge in [-0.15, -0.1) is 0 Å². The van der Waals surface area contributed by atoms with Gasteiger partial charge in [-0.2, -0.15) is 0 Å². The van der Waals surface area contributed by atoms with Crippen molar-refractivity contribution < 1.29 is 0 Å². The molecule has 0 bridgehead atoms. The van der Waals surface area contributed by atoms with Crippen molar-refractivity contribution in [3.63, 3.8) is 0 Å². The van der Waals surface area contributed by atoms with Crippen LogP contribution in [0.15, 0.2) is 6.07 Å². The molecule has 0 fully saturated rings. The highest BCUT2D eigenvalue weighted by molar-refractivity contribution is 6.48. The van der Waals surface area contributed by atoms with Gasteiger partial charge in [-0.3, -0.25) is 0 Å². The molecule has 1 nitrogen and oxygen atoms in total. The van der Waals surface area contributed by atoms with Gasteiger partial charge in [-0.25, -0.2) is 0 Å². The molecule has 0 aliphatic carbocycles. The van der Waals surface area contributed by atoms with E-state index in [9.17, 15) is 0 Å². The molecule has 1 aromatic carbocycles. The SMILES string of the molecule is CC(C)(N)C#Cc1c(Cl)c(Cl)cc(Cl)c1Cl. The van der Waals surface area contributed by atoms with Crippen molar-refractivity contribution in [3.8, 4) is 11.8 Å². The first kappa shape index (κ1) is 14.0. The summed E-state index contributed by atoms with van der Waals surface area (Å²) in [5.74, 6) is 5.61. The third kappa shape index (κ3) is 3.45. The van der Waals surface area contributed by atoms with Gasteiger partial charge in [-0.05, 0) is 19.9 Å². The molecule has 0 spiro atoms. The Labute approximate surface area is 115 Å². The van der Waals surface area contributed by atoms with Crippen LogP contribution in [-0.2, 0) is 0 Å². The average Bonchev–Trinajstić information content (AvgIpc) is 2.13. The van der Waals surface area contributed by atoms with Gasteiger partial charge < -0.3 is 5.73 Å². The first-order valence-electron chi connectivity index (χ1n) is 4.37. The maximum Gasteiger partial charge on any atom is 0.0764 e. The molecule has 16 heavy (non-hydrogen) atoms. The monoisotopic (exact) mass is 295 g/mol. The first-order chi connectivity index (χ1) is 7.22. The van der Waals surface area contributed by atoms with Gasteiger partial charge in [0.1, 0.15) is 0 Å². The molecule has 0 saturated heterocycles. The molecule has 1 rings (SSSR count). The fraction of sp³-hybridized carbons (Fsp3) is 0.273. The van der Waals surface area contributed by atoms with E-state index in [1.54, 1.807) is 13.8 Å². The van der Waals surface area contributed by atoms with Gasteiger partial charge in [0.25, 0.3) is 0 Å². The zero-order valence-electron chi connectivity index (χ0n) is 8.67. The van der Waals surface area contributed by atoms with Crippen molar-refractivity contribution in [1.29, 1.82) is 0 Å². The number of benzene rings is 1. The smallest absolute Gasteiger partial charge is 0.0764 e. The number of halogens is 4. The number of hydrogen-bond acceptors (Lipinski definition) is 1. The topological polar surface area (TPSA) is 26.0 Å². The van der Waals surface area contributed by atoms with Crippen molar-refractivity contribution in [2.75, 3.05) is 0 Å². The quantitative estimate of drug-likeness (QED) is 0.558. The second kappa shape index (κ2) is 5.04. The Kier molecular flexibility index (Phi) is 4.40. The number of hydrogen-bond donors (Lipinski definition) is 1. The maximum absolute atomic E-state index is 5.98. The van der Waals surface area contributed by atoms with Crippen LogP contribution in [0.25, 0.3) is 0 Å². The summed E-state index contributed by atoms with van der Waals surface area (Å²) >= 11 is 23.7. The van der Waals surface area contributed by atoms with E-state index in [1.807, 2.05) is 0 Å². The minimum atomic E-state index is -0.637. The maximum atomic E-state index is 5.98. The van der Waals surface area contributed by atoms with Crippen LogP contribution in [0.4, 0.5) is 0 Å². The van der Waals surface area contributed by atoms with Crippen LogP contribution in [0.2, 0.25) is 20.1 Å². The Morgan fingerprint density at radius 2 is 1.50 bits per heavy atom.